The molecule has 0 amide bonds. The maximum absolute atomic E-state index is 6.16. The summed E-state index contributed by atoms with van der Waals surface area (Å²) in [5.74, 6) is 1.39. The van der Waals surface area contributed by atoms with Gasteiger partial charge in [0.1, 0.15) is 11.5 Å². The van der Waals surface area contributed by atoms with Gasteiger partial charge in [-0.05, 0) is 29.8 Å². The van der Waals surface area contributed by atoms with E-state index >= 15 is 0 Å². The van der Waals surface area contributed by atoms with Crippen LogP contribution in [0.25, 0.3) is 11.6 Å². The van der Waals surface area contributed by atoms with Crippen LogP contribution in [0.3, 0.4) is 0 Å². The van der Waals surface area contributed by atoms with E-state index in [-0.39, 0.29) is 0 Å². The summed E-state index contributed by atoms with van der Waals surface area (Å²) in [6.45, 7) is 4.08. The van der Waals surface area contributed by atoms with E-state index < -0.39 is 0 Å². The first-order chi connectivity index (χ1) is 10.6. The first-order valence-electron chi connectivity index (χ1n) is 6.60. The first-order valence-corrected chi connectivity index (χ1v) is 7.36. The van der Waals surface area contributed by atoms with Crippen molar-refractivity contribution >= 4 is 34.9 Å². The molecule has 0 atom stereocenters. The van der Waals surface area contributed by atoms with E-state index in [0.717, 1.165) is 16.7 Å². The van der Waals surface area contributed by atoms with Crippen LogP contribution in [0.15, 0.2) is 49.1 Å². The maximum Gasteiger partial charge on any atom is 0.130 e. The summed E-state index contributed by atoms with van der Waals surface area (Å²) < 4.78 is 10.8. The van der Waals surface area contributed by atoms with Gasteiger partial charge in [0.05, 0.1) is 19.8 Å². The van der Waals surface area contributed by atoms with Gasteiger partial charge in [-0.25, -0.2) is 0 Å². The lowest BCUT2D eigenvalue weighted by Gasteiger charge is -2.13. The standard InChI is InChI=1S/C18H16Cl2O2/c1-12(10-11-13-14(19)6-4-7-15(13)20)18-16(21-2)8-5-9-17(18)22-3/h4-11H,1H2,2-3H3/b11-10+. The lowest BCUT2D eigenvalue weighted by Crippen LogP contribution is -1.94. The fourth-order valence-corrected chi connectivity index (χ4v) is 2.63. The molecule has 0 fully saturated rings. The molecule has 0 spiro atoms. The highest BCUT2D eigenvalue weighted by atomic mass is 35.5. The summed E-state index contributed by atoms with van der Waals surface area (Å²) in [5.41, 5.74) is 2.29. The fourth-order valence-electron chi connectivity index (χ4n) is 2.10. The molecule has 0 saturated heterocycles. The van der Waals surface area contributed by atoms with E-state index in [1.165, 1.54) is 0 Å². The number of halogens is 2. The van der Waals surface area contributed by atoms with Crippen molar-refractivity contribution < 1.29 is 9.47 Å². The predicted molar refractivity (Wildman–Crippen MR) is 94.1 cm³/mol. The van der Waals surface area contributed by atoms with Gasteiger partial charge in [-0.3, -0.25) is 0 Å². The van der Waals surface area contributed by atoms with E-state index in [0.29, 0.717) is 21.5 Å². The minimum Gasteiger partial charge on any atom is -0.496 e. The number of hydrogen-bond donors (Lipinski definition) is 0. The summed E-state index contributed by atoms with van der Waals surface area (Å²) in [4.78, 5) is 0. The largest absolute Gasteiger partial charge is 0.496 e. The summed E-state index contributed by atoms with van der Waals surface area (Å²) in [6.07, 6.45) is 3.67. The molecule has 2 nitrogen and oxygen atoms in total. The normalized spacial score (nSPS) is 10.7. The van der Waals surface area contributed by atoms with Crippen LogP contribution in [-0.4, -0.2) is 14.2 Å². The molecule has 0 N–H and O–H groups in total. The quantitative estimate of drug-likeness (QED) is 0.649. The van der Waals surface area contributed by atoms with Crippen LogP contribution in [0.5, 0.6) is 11.5 Å². The third kappa shape index (κ3) is 3.46. The van der Waals surface area contributed by atoms with Gasteiger partial charge < -0.3 is 9.47 Å². The molecule has 2 aromatic carbocycles. The molecular weight excluding hydrogens is 319 g/mol. The van der Waals surface area contributed by atoms with E-state index in [9.17, 15) is 0 Å². The molecule has 22 heavy (non-hydrogen) atoms. The minimum atomic E-state index is 0.587. The number of ether oxygens (including phenoxy) is 2. The Morgan fingerprint density at radius 1 is 0.955 bits per heavy atom. The number of allylic oxidation sites excluding steroid dienone is 2. The van der Waals surface area contributed by atoms with Crippen LogP contribution in [0.2, 0.25) is 10.0 Å². The van der Waals surface area contributed by atoms with Crippen molar-refractivity contribution in [3.63, 3.8) is 0 Å². The first kappa shape index (κ1) is 16.5. The van der Waals surface area contributed by atoms with Crippen LogP contribution in [0.1, 0.15) is 11.1 Å². The molecule has 0 aliphatic heterocycles. The third-order valence-corrected chi connectivity index (χ3v) is 3.86. The molecule has 0 bridgehead atoms. The number of methoxy groups -OCH3 is 2. The molecule has 0 aliphatic rings. The Morgan fingerprint density at radius 2 is 1.45 bits per heavy atom. The zero-order valence-corrected chi connectivity index (χ0v) is 13.9. The molecule has 0 radical (unpaired) electrons. The molecule has 0 heterocycles. The molecule has 2 aromatic rings. The zero-order chi connectivity index (χ0) is 16.1. The van der Waals surface area contributed by atoms with Gasteiger partial charge in [-0.2, -0.15) is 0 Å². The Kier molecular flexibility index (Phi) is 5.53. The summed E-state index contributed by atoms with van der Waals surface area (Å²) in [6, 6.07) is 11.0. The van der Waals surface area contributed by atoms with Crippen molar-refractivity contribution in [3.8, 4) is 11.5 Å². The van der Waals surface area contributed by atoms with Gasteiger partial charge >= 0.3 is 0 Å². The Balaban J connectivity index is 2.39. The highest BCUT2D eigenvalue weighted by Crippen LogP contribution is 2.35. The van der Waals surface area contributed by atoms with Crippen molar-refractivity contribution in [3.05, 3.63) is 70.2 Å². The van der Waals surface area contributed by atoms with Gasteiger partial charge in [0.2, 0.25) is 0 Å². The minimum absolute atomic E-state index is 0.587. The average Bonchev–Trinajstić information content (AvgIpc) is 2.53. The lowest BCUT2D eigenvalue weighted by molar-refractivity contribution is 0.392. The molecule has 4 heteroatoms. The molecule has 0 unspecified atom stereocenters. The SMILES string of the molecule is C=C(/C=C/c1c(Cl)cccc1Cl)c1c(OC)cccc1OC. The monoisotopic (exact) mass is 334 g/mol. The van der Waals surface area contributed by atoms with Crippen molar-refractivity contribution in [2.24, 2.45) is 0 Å². The Hall–Kier alpha value is -1.90. The second kappa shape index (κ2) is 7.39. The predicted octanol–water partition coefficient (Wildman–Crippen LogP) is 5.74. The summed E-state index contributed by atoms with van der Waals surface area (Å²) >= 11 is 12.3. The van der Waals surface area contributed by atoms with E-state index in [1.54, 1.807) is 32.4 Å². The number of hydrogen-bond acceptors (Lipinski definition) is 2. The fraction of sp³-hybridized carbons (Fsp3) is 0.111. The topological polar surface area (TPSA) is 18.5 Å². The van der Waals surface area contributed by atoms with Crippen LogP contribution in [0.4, 0.5) is 0 Å². The Labute approximate surface area is 140 Å². The summed E-state index contributed by atoms with van der Waals surface area (Å²) in [7, 11) is 3.22. The summed E-state index contributed by atoms with van der Waals surface area (Å²) in [5, 5.41) is 1.17. The van der Waals surface area contributed by atoms with Crippen LogP contribution in [-0.2, 0) is 0 Å². The van der Waals surface area contributed by atoms with E-state index in [1.807, 2.05) is 30.4 Å². The molecule has 2 rings (SSSR count). The van der Waals surface area contributed by atoms with Crippen molar-refractivity contribution in [1.82, 2.24) is 0 Å². The third-order valence-electron chi connectivity index (χ3n) is 3.20. The van der Waals surface area contributed by atoms with Gasteiger partial charge in [-0.15, -0.1) is 0 Å². The second-order valence-electron chi connectivity index (χ2n) is 4.53. The average molecular weight is 335 g/mol. The lowest BCUT2D eigenvalue weighted by atomic mass is 10.0. The molecule has 114 valence electrons. The van der Waals surface area contributed by atoms with Crippen molar-refractivity contribution in [1.29, 1.82) is 0 Å². The van der Waals surface area contributed by atoms with Crippen LogP contribution >= 0.6 is 23.2 Å². The van der Waals surface area contributed by atoms with Gasteiger partial charge in [-0.1, -0.05) is 54.1 Å². The molecule has 0 aromatic heterocycles. The smallest absolute Gasteiger partial charge is 0.130 e. The Morgan fingerprint density at radius 3 is 1.95 bits per heavy atom. The Bertz CT molecular complexity index is 679. The van der Waals surface area contributed by atoms with Gasteiger partial charge in [0, 0.05) is 15.6 Å². The highest BCUT2D eigenvalue weighted by Gasteiger charge is 2.11. The van der Waals surface area contributed by atoms with Crippen molar-refractivity contribution in [2.75, 3.05) is 14.2 Å². The van der Waals surface area contributed by atoms with Gasteiger partial charge in [0.25, 0.3) is 0 Å². The molecular formula is C18H16Cl2O2. The van der Waals surface area contributed by atoms with E-state index in [4.69, 9.17) is 32.7 Å². The number of benzene rings is 2. The van der Waals surface area contributed by atoms with E-state index in [2.05, 4.69) is 6.58 Å². The van der Waals surface area contributed by atoms with Crippen molar-refractivity contribution in [2.45, 2.75) is 0 Å². The number of rotatable bonds is 5. The van der Waals surface area contributed by atoms with Crippen LogP contribution in [0, 0.1) is 0 Å². The van der Waals surface area contributed by atoms with Crippen LogP contribution < -0.4 is 9.47 Å². The zero-order valence-electron chi connectivity index (χ0n) is 12.4. The second-order valence-corrected chi connectivity index (χ2v) is 5.35. The molecule has 0 aliphatic carbocycles. The van der Waals surface area contributed by atoms with Gasteiger partial charge in [0.15, 0.2) is 0 Å². The molecule has 0 saturated carbocycles. The highest BCUT2D eigenvalue weighted by molar-refractivity contribution is 6.37. The maximum atomic E-state index is 6.16.